The highest BCUT2D eigenvalue weighted by Gasteiger charge is 2.24. The Hall–Kier alpha value is -1.27. The van der Waals surface area contributed by atoms with Gasteiger partial charge in [-0.05, 0) is 24.5 Å². The van der Waals surface area contributed by atoms with E-state index in [-0.39, 0.29) is 22.0 Å². The zero-order valence-corrected chi connectivity index (χ0v) is 13.9. The van der Waals surface area contributed by atoms with E-state index in [0.717, 1.165) is 4.31 Å². The molecule has 0 saturated heterocycles. The van der Waals surface area contributed by atoms with Crippen molar-refractivity contribution in [3.05, 3.63) is 18.2 Å². The van der Waals surface area contributed by atoms with Gasteiger partial charge < -0.3 is 11.1 Å². The minimum Gasteiger partial charge on any atom is -0.396 e. The highest BCUT2D eigenvalue weighted by molar-refractivity contribution is 7.89. The Morgan fingerprint density at radius 1 is 1.25 bits per heavy atom. The van der Waals surface area contributed by atoms with E-state index in [1.165, 1.54) is 20.2 Å². The van der Waals surface area contributed by atoms with Crippen molar-refractivity contribution in [3.8, 4) is 0 Å². The molecular formula is C14H25N3O2S. The van der Waals surface area contributed by atoms with Crippen LogP contribution in [0.1, 0.15) is 27.7 Å². The number of hydrogen-bond donors (Lipinski definition) is 2. The van der Waals surface area contributed by atoms with Crippen molar-refractivity contribution in [2.45, 2.75) is 38.6 Å². The quantitative estimate of drug-likeness (QED) is 0.837. The van der Waals surface area contributed by atoms with E-state index in [9.17, 15) is 8.42 Å². The monoisotopic (exact) mass is 299 g/mol. The van der Waals surface area contributed by atoms with E-state index in [1.807, 2.05) is 6.92 Å². The average molecular weight is 299 g/mol. The maximum Gasteiger partial charge on any atom is 0.244 e. The Kier molecular flexibility index (Phi) is 4.71. The molecule has 0 aliphatic rings. The van der Waals surface area contributed by atoms with Gasteiger partial charge in [-0.15, -0.1) is 0 Å². The average Bonchev–Trinajstić information content (AvgIpc) is 2.29. The Morgan fingerprint density at radius 2 is 1.80 bits per heavy atom. The number of nitrogens with zero attached hydrogens (tertiary/aromatic N) is 1. The van der Waals surface area contributed by atoms with Gasteiger partial charge in [0.15, 0.2) is 0 Å². The van der Waals surface area contributed by atoms with E-state index in [0.29, 0.717) is 5.69 Å². The summed E-state index contributed by atoms with van der Waals surface area (Å²) in [6.07, 6.45) is 0. The molecule has 1 rings (SSSR count). The molecule has 0 fully saturated rings. The van der Waals surface area contributed by atoms with Crippen molar-refractivity contribution in [2.75, 3.05) is 25.1 Å². The van der Waals surface area contributed by atoms with Crippen molar-refractivity contribution in [3.63, 3.8) is 0 Å². The van der Waals surface area contributed by atoms with Crippen LogP contribution in [0.25, 0.3) is 0 Å². The zero-order chi connectivity index (χ0) is 15.7. The van der Waals surface area contributed by atoms with Crippen LogP contribution in [-0.4, -0.2) is 32.9 Å². The molecule has 20 heavy (non-hydrogen) atoms. The largest absolute Gasteiger partial charge is 0.396 e. The first-order valence-corrected chi connectivity index (χ1v) is 7.99. The number of hydrogen-bond acceptors (Lipinski definition) is 4. The van der Waals surface area contributed by atoms with Gasteiger partial charge in [-0.3, -0.25) is 0 Å². The summed E-state index contributed by atoms with van der Waals surface area (Å²) < 4.78 is 25.6. The van der Waals surface area contributed by atoms with Gasteiger partial charge in [0.25, 0.3) is 0 Å². The van der Waals surface area contributed by atoms with Crippen LogP contribution in [-0.2, 0) is 10.0 Å². The van der Waals surface area contributed by atoms with Crippen molar-refractivity contribution >= 4 is 21.4 Å². The van der Waals surface area contributed by atoms with Crippen LogP contribution in [0.3, 0.4) is 0 Å². The second kappa shape index (κ2) is 5.61. The fraction of sp³-hybridized carbons (Fsp3) is 0.571. The van der Waals surface area contributed by atoms with Gasteiger partial charge in [0, 0.05) is 20.1 Å². The van der Waals surface area contributed by atoms with Gasteiger partial charge in [-0.25, -0.2) is 12.7 Å². The Bertz CT molecular complexity index is 575. The summed E-state index contributed by atoms with van der Waals surface area (Å²) in [7, 11) is -0.548. The molecule has 1 aromatic carbocycles. The van der Waals surface area contributed by atoms with Crippen LogP contribution < -0.4 is 11.1 Å². The molecule has 0 aromatic heterocycles. The molecule has 1 aromatic rings. The Morgan fingerprint density at radius 3 is 2.25 bits per heavy atom. The molecule has 0 spiro atoms. The van der Waals surface area contributed by atoms with Crippen LogP contribution in [0.4, 0.5) is 11.4 Å². The van der Waals surface area contributed by atoms with E-state index < -0.39 is 10.0 Å². The summed E-state index contributed by atoms with van der Waals surface area (Å²) in [4.78, 5) is 0.133. The third-order valence-corrected chi connectivity index (χ3v) is 5.37. The van der Waals surface area contributed by atoms with Gasteiger partial charge >= 0.3 is 0 Å². The number of para-hydroxylation sites is 1. The molecule has 5 nitrogen and oxygen atoms in total. The van der Waals surface area contributed by atoms with Crippen molar-refractivity contribution in [1.29, 1.82) is 0 Å². The molecule has 0 radical (unpaired) electrons. The summed E-state index contributed by atoms with van der Waals surface area (Å²) in [5.74, 6) is 0. The molecule has 6 heteroatoms. The number of rotatable bonds is 4. The SMILES string of the molecule is CC(Nc1cccc(S(=O)(=O)N(C)C)c1N)C(C)(C)C. The second-order valence-electron chi connectivity index (χ2n) is 6.24. The van der Waals surface area contributed by atoms with Crippen LogP contribution in [0.15, 0.2) is 23.1 Å². The highest BCUT2D eigenvalue weighted by Crippen LogP contribution is 2.31. The molecular weight excluding hydrogens is 274 g/mol. The normalized spacial score (nSPS) is 14.3. The number of nitrogen functional groups attached to an aromatic ring is 1. The molecule has 114 valence electrons. The molecule has 3 N–H and O–H groups in total. The Balaban J connectivity index is 3.22. The molecule has 0 saturated carbocycles. The summed E-state index contributed by atoms with van der Waals surface area (Å²) in [6.45, 7) is 8.39. The van der Waals surface area contributed by atoms with E-state index in [2.05, 4.69) is 26.1 Å². The topological polar surface area (TPSA) is 75.4 Å². The number of benzene rings is 1. The smallest absolute Gasteiger partial charge is 0.244 e. The number of sulfonamides is 1. The van der Waals surface area contributed by atoms with E-state index in [4.69, 9.17) is 5.73 Å². The lowest BCUT2D eigenvalue weighted by molar-refractivity contribution is 0.359. The van der Waals surface area contributed by atoms with Gasteiger partial charge in [0.05, 0.1) is 11.4 Å². The molecule has 0 bridgehead atoms. The van der Waals surface area contributed by atoms with Crippen molar-refractivity contribution in [2.24, 2.45) is 5.41 Å². The standard InChI is InChI=1S/C14H25N3O2S/c1-10(14(2,3)4)16-11-8-7-9-12(13(11)15)20(18,19)17(5)6/h7-10,16H,15H2,1-6H3. The molecule has 0 aliphatic heterocycles. The third-order valence-electron chi connectivity index (χ3n) is 3.50. The maximum absolute atomic E-state index is 12.2. The first-order valence-electron chi connectivity index (χ1n) is 6.55. The molecule has 1 unspecified atom stereocenters. The third kappa shape index (κ3) is 3.43. The van der Waals surface area contributed by atoms with Gasteiger partial charge in [-0.1, -0.05) is 26.8 Å². The van der Waals surface area contributed by atoms with Gasteiger partial charge in [0.1, 0.15) is 4.90 Å². The lowest BCUT2D eigenvalue weighted by Crippen LogP contribution is -2.31. The summed E-state index contributed by atoms with van der Waals surface area (Å²) in [5, 5.41) is 3.29. The second-order valence-corrected chi connectivity index (χ2v) is 8.36. The highest BCUT2D eigenvalue weighted by atomic mass is 32.2. The molecule has 0 amide bonds. The van der Waals surface area contributed by atoms with Crippen LogP contribution in [0.5, 0.6) is 0 Å². The van der Waals surface area contributed by atoms with Crippen LogP contribution >= 0.6 is 0 Å². The van der Waals surface area contributed by atoms with Crippen molar-refractivity contribution < 1.29 is 8.42 Å². The van der Waals surface area contributed by atoms with Gasteiger partial charge in [-0.2, -0.15) is 0 Å². The fourth-order valence-electron chi connectivity index (χ4n) is 1.54. The molecule has 0 aliphatic carbocycles. The first kappa shape index (κ1) is 16.8. The van der Waals surface area contributed by atoms with E-state index in [1.54, 1.807) is 12.1 Å². The maximum atomic E-state index is 12.2. The first-order chi connectivity index (χ1) is 8.98. The number of nitrogens with one attached hydrogen (secondary N) is 1. The fourth-order valence-corrected chi connectivity index (χ4v) is 2.57. The van der Waals surface area contributed by atoms with Gasteiger partial charge in [0.2, 0.25) is 10.0 Å². The Labute approximate surface area is 122 Å². The minimum atomic E-state index is -3.53. The van der Waals surface area contributed by atoms with Crippen LogP contribution in [0.2, 0.25) is 0 Å². The lowest BCUT2D eigenvalue weighted by Gasteiger charge is -2.30. The van der Waals surface area contributed by atoms with Crippen molar-refractivity contribution in [1.82, 2.24) is 4.31 Å². The summed E-state index contributed by atoms with van der Waals surface area (Å²) in [6, 6.07) is 5.18. The summed E-state index contributed by atoms with van der Waals surface area (Å²) in [5.41, 5.74) is 6.98. The zero-order valence-electron chi connectivity index (χ0n) is 13.1. The summed E-state index contributed by atoms with van der Waals surface area (Å²) >= 11 is 0. The molecule has 1 atom stereocenters. The minimum absolute atomic E-state index is 0.0445. The van der Waals surface area contributed by atoms with E-state index >= 15 is 0 Å². The van der Waals surface area contributed by atoms with Crippen LogP contribution in [0, 0.1) is 5.41 Å². The predicted molar refractivity (Wildman–Crippen MR) is 84.3 cm³/mol. The predicted octanol–water partition coefficient (Wildman–Crippen LogP) is 2.37. The number of anilines is 2. The lowest BCUT2D eigenvalue weighted by atomic mass is 9.88. The molecule has 0 heterocycles. The number of nitrogens with two attached hydrogens (primary N) is 1.